The first kappa shape index (κ1) is 17.9. The van der Waals surface area contributed by atoms with Crippen LogP contribution in [0.1, 0.15) is 52.7 Å². The Kier molecular flexibility index (Phi) is 5.15. The molecule has 8 heteroatoms. The number of hydrogen-bond acceptors (Lipinski definition) is 5. The van der Waals surface area contributed by atoms with Crippen molar-refractivity contribution in [2.45, 2.75) is 58.4 Å². The summed E-state index contributed by atoms with van der Waals surface area (Å²) in [6.45, 7) is 8.15. The topological polar surface area (TPSA) is 92.5 Å². The summed E-state index contributed by atoms with van der Waals surface area (Å²) in [7, 11) is -3.39. The summed E-state index contributed by atoms with van der Waals surface area (Å²) >= 11 is 0. The lowest BCUT2D eigenvalue weighted by atomic mass is 9.93. The minimum atomic E-state index is -3.39. The van der Waals surface area contributed by atoms with Gasteiger partial charge < -0.3 is 9.84 Å². The second-order valence-corrected chi connectivity index (χ2v) is 8.94. The van der Waals surface area contributed by atoms with Crippen LogP contribution in [0.25, 0.3) is 0 Å². The zero-order chi connectivity index (χ0) is 17.3. The van der Waals surface area contributed by atoms with Gasteiger partial charge in [0, 0.05) is 18.0 Å². The molecular weight excluding hydrogens is 318 g/mol. The van der Waals surface area contributed by atoms with Crippen molar-refractivity contribution in [2.75, 3.05) is 17.6 Å². The van der Waals surface area contributed by atoms with Crippen LogP contribution in [0.4, 0.5) is 5.82 Å². The lowest BCUT2D eigenvalue weighted by Gasteiger charge is -2.22. The van der Waals surface area contributed by atoms with Gasteiger partial charge >= 0.3 is 0 Å². The summed E-state index contributed by atoms with van der Waals surface area (Å²) in [5, 5.41) is 6.51. The van der Waals surface area contributed by atoms with E-state index in [2.05, 4.69) is 10.5 Å². The van der Waals surface area contributed by atoms with Gasteiger partial charge in [-0.05, 0) is 19.3 Å². The van der Waals surface area contributed by atoms with Crippen molar-refractivity contribution in [1.82, 2.24) is 9.46 Å². The molecule has 7 nitrogen and oxygen atoms in total. The third kappa shape index (κ3) is 4.11. The van der Waals surface area contributed by atoms with Gasteiger partial charge in [-0.2, -0.15) is 4.31 Å². The Morgan fingerprint density at radius 2 is 2.17 bits per heavy atom. The van der Waals surface area contributed by atoms with E-state index < -0.39 is 16.1 Å². The van der Waals surface area contributed by atoms with E-state index in [1.54, 1.807) is 6.07 Å². The first-order chi connectivity index (χ1) is 10.6. The Morgan fingerprint density at radius 1 is 1.48 bits per heavy atom. The molecule has 1 N–H and O–H groups in total. The van der Waals surface area contributed by atoms with E-state index in [1.807, 2.05) is 27.7 Å². The molecule has 1 fully saturated rings. The minimum absolute atomic E-state index is 0.0644. The van der Waals surface area contributed by atoms with Gasteiger partial charge in [-0.1, -0.05) is 32.9 Å². The molecule has 0 aliphatic carbocycles. The molecule has 0 saturated carbocycles. The Labute approximate surface area is 137 Å². The maximum absolute atomic E-state index is 12.4. The molecule has 1 aromatic rings. The van der Waals surface area contributed by atoms with Crippen LogP contribution in [-0.2, 0) is 20.2 Å². The van der Waals surface area contributed by atoms with Gasteiger partial charge in [0.15, 0.2) is 5.82 Å². The maximum atomic E-state index is 12.4. The largest absolute Gasteiger partial charge is 0.359 e. The molecule has 0 aromatic carbocycles. The molecule has 1 atom stereocenters. The highest BCUT2D eigenvalue weighted by Gasteiger charge is 2.38. The van der Waals surface area contributed by atoms with E-state index in [-0.39, 0.29) is 17.1 Å². The Morgan fingerprint density at radius 3 is 2.74 bits per heavy atom. The first-order valence-electron chi connectivity index (χ1n) is 7.92. The average Bonchev–Trinajstić information content (AvgIpc) is 3.06. The van der Waals surface area contributed by atoms with E-state index in [4.69, 9.17) is 4.52 Å². The number of sulfonamides is 1. The highest BCUT2D eigenvalue weighted by molar-refractivity contribution is 7.89. The van der Waals surface area contributed by atoms with E-state index >= 15 is 0 Å². The van der Waals surface area contributed by atoms with E-state index in [9.17, 15) is 13.2 Å². The highest BCUT2D eigenvalue weighted by Crippen LogP contribution is 2.26. The van der Waals surface area contributed by atoms with Crippen molar-refractivity contribution >= 4 is 21.7 Å². The van der Waals surface area contributed by atoms with E-state index in [0.29, 0.717) is 37.4 Å². The zero-order valence-electron chi connectivity index (χ0n) is 14.1. The standard InChI is InChI=1S/C15H25N3O4S/c1-5-9-23(20,21)18-8-6-7-11(18)14(19)16-13-10-12(22-17-13)15(2,3)4/h10-11H,5-9H2,1-4H3,(H,16,17,19)/t11-/m0/s1. The Balaban J connectivity index is 2.09. The van der Waals surface area contributed by atoms with Gasteiger partial charge in [0.05, 0.1) is 5.75 Å². The third-order valence-electron chi connectivity index (χ3n) is 3.83. The lowest BCUT2D eigenvalue weighted by Crippen LogP contribution is -2.44. The molecule has 0 spiro atoms. The van der Waals surface area contributed by atoms with Crippen molar-refractivity contribution in [3.8, 4) is 0 Å². The summed E-state index contributed by atoms with van der Waals surface area (Å²) in [6, 6.07) is 1.01. The van der Waals surface area contributed by atoms with E-state index in [0.717, 1.165) is 0 Å². The van der Waals surface area contributed by atoms with Crippen LogP contribution >= 0.6 is 0 Å². The number of nitrogens with one attached hydrogen (secondary N) is 1. The summed E-state index contributed by atoms with van der Waals surface area (Å²) in [5.41, 5.74) is -0.208. The second-order valence-electron chi connectivity index (χ2n) is 6.90. The van der Waals surface area contributed by atoms with Crippen molar-refractivity contribution in [3.63, 3.8) is 0 Å². The van der Waals surface area contributed by atoms with Crippen LogP contribution in [0.5, 0.6) is 0 Å². The zero-order valence-corrected chi connectivity index (χ0v) is 14.9. The van der Waals surface area contributed by atoms with Crippen LogP contribution < -0.4 is 5.32 Å². The monoisotopic (exact) mass is 343 g/mol. The number of rotatable bonds is 5. The van der Waals surface area contributed by atoms with Gasteiger partial charge in [-0.3, -0.25) is 4.79 Å². The van der Waals surface area contributed by atoms with Crippen molar-refractivity contribution in [1.29, 1.82) is 0 Å². The molecule has 2 heterocycles. The molecule has 1 aromatic heterocycles. The van der Waals surface area contributed by atoms with Crippen LogP contribution in [0.2, 0.25) is 0 Å². The summed E-state index contributed by atoms with van der Waals surface area (Å²) in [6.07, 6.45) is 1.75. The Hall–Kier alpha value is -1.41. The van der Waals surface area contributed by atoms with Crippen LogP contribution in [-0.4, -0.2) is 42.1 Å². The molecule has 130 valence electrons. The molecule has 0 radical (unpaired) electrons. The second kappa shape index (κ2) is 6.60. The van der Waals surface area contributed by atoms with Crippen molar-refractivity contribution < 1.29 is 17.7 Å². The molecule has 1 saturated heterocycles. The first-order valence-corrected chi connectivity index (χ1v) is 9.53. The van der Waals surface area contributed by atoms with Crippen LogP contribution in [0.15, 0.2) is 10.6 Å². The number of carbonyl (C=O) groups is 1. The predicted molar refractivity (Wildman–Crippen MR) is 87.6 cm³/mol. The molecule has 1 amide bonds. The fourth-order valence-electron chi connectivity index (χ4n) is 2.61. The molecule has 0 bridgehead atoms. The smallest absolute Gasteiger partial charge is 0.244 e. The van der Waals surface area contributed by atoms with Crippen molar-refractivity contribution in [2.24, 2.45) is 0 Å². The summed E-state index contributed by atoms with van der Waals surface area (Å²) in [4.78, 5) is 12.4. The van der Waals surface area contributed by atoms with Crippen molar-refractivity contribution in [3.05, 3.63) is 11.8 Å². The van der Waals surface area contributed by atoms with Gasteiger partial charge in [0.2, 0.25) is 15.9 Å². The Bertz CT molecular complexity index is 661. The van der Waals surface area contributed by atoms with Crippen LogP contribution in [0.3, 0.4) is 0 Å². The quantitative estimate of drug-likeness (QED) is 0.884. The SMILES string of the molecule is CCCS(=O)(=O)N1CCC[C@H]1C(=O)Nc1cc(C(C)(C)C)on1. The highest BCUT2D eigenvalue weighted by atomic mass is 32.2. The minimum Gasteiger partial charge on any atom is -0.359 e. The fourth-order valence-corrected chi connectivity index (χ4v) is 4.35. The van der Waals surface area contributed by atoms with Gasteiger partial charge in [-0.25, -0.2) is 8.42 Å². The number of amides is 1. The van der Waals surface area contributed by atoms with Gasteiger partial charge in [-0.15, -0.1) is 0 Å². The lowest BCUT2D eigenvalue weighted by molar-refractivity contribution is -0.119. The summed E-state index contributed by atoms with van der Waals surface area (Å²) in [5.74, 6) is 0.694. The normalized spacial score (nSPS) is 19.9. The van der Waals surface area contributed by atoms with Gasteiger partial charge in [0.25, 0.3) is 0 Å². The van der Waals surface area contributed by atoms with Gasteiger partial charge in [0.1, 0.15) is 11.8 Å². The number of nitrogens with zero attached hydrogens (tertiary/aromatic N) is 2. The summed E-state index contributed by atoms with van der Waals surface area (Å²) < 4.78 is 31.0. The number of aromatic nitrogens is 1. The molecule has 23 heavy (non-hydrogen) atoms. The molecular formula is C15H25N3O4S. The fraction of sp³-hybridized carbons (Fsp3) is 0.733. The predicted octanol–water partition coefficient (Wildman–Crippen LogP) is 2.11. The van der Waals surface area contributed by atoms with E-state index in [1.165, 1.54) is 4.31 Å². The molecule has 0 unspecified atom stereocenters. The maximum Gasteiger partial charge on any atom is 0.244 e. The number of anilines is 1. The molecule has 1 aliphatic rings. The average molecular weight is 343 g/mol. The molecule has 1 aliphatic heterocycles. The number of hydrogen-bond donors (Lipinski definition) is 1. The third-order valence-corrected chi connectivity index (χ3v) is 5.90. The van der Waals surface area contributed by atoms with Crippen LogP contribution in [0, 0.1) is 0 Å². The number of carbonyl (C=O) groups excluding carboxylic acids is 1. The molecule has 2 rings (SSSR count).